The van der Waals surface area contributed by atoms with E-state index in [1.807, 2.05) is 37.3 Å². The number of aliphatic hydroxyl groups excluding tert-OH is 1. The molecule has 0 saturated carbocycles. The summed E-state index contributed by atoms with van der Waals surface area (Å²) in [6.45, 7) is 2.28. The van der Waals surface area contributed by atoms with Crippen LogP contribution in [0.4, 0.5) is 0 Å². The SMILES string of the molecule is CC(N)C(CO)OCc1ccccc1. The van der Waals surface area contributed by atoms with Gasteiger partial charge in [-0.3, -0.25) is 0 Å². The molecule has 0 saturated heterocycles. The van der Waals surface area contributed by atoms with E-state index >= 15 is 0 Å². The number of nitrogens with two attached hydrogens (primary N) is 1. The molecule has 3 N–H and O–H groups in total. The molecule has 0 aromatic heterocycles. The van der Waals surface area contributed by atoms with Gasteiger partial charge in [-0.1, -0.05) is 30.3 Å². The maximum absolute atomic E-state index is 8.97. The minimum Gasteiger partial charge on any atom is -0.394 e. The Bertz CT molecular complexity index is 249. The van der Waals surface area contributed by atoms with Gasteiger partial charge in [-0.15, -0.1) is 0 Å². The smallest absolute Gasteiger partial charge is 0.0957 e. The third kappa shape index (κ3) is 3.46. The summed E-state index contributed by atoms with van der Waals surface area (Å²) in [6.07, 6.45) is -0.282. The van der Waals surface area contributed by atoms with Gasteiger partial charge in [0.15, 0.2) is 0 Å². The highest BCUT2D eigenvalue weighted by Gasteiger charge is 2.12. The predicted molar refractivity (Wildman–Crippen MR) is 55.8 cm³/mol. The first-order valence-corrected chi connectivity index (χ1v) is 4.76. The van der Waals surface area contributed by atoms with E-state index in [-0.39, 0.29) is 18.8 Å². The van der Waals surface area contributed by atoms with Gasteiger partial charge in [0.25, 0.3) is 0 Å². The Morgan fingerprint density at radius 2 is 2.00 bits per heavy atom. The van der Waals surface area contributed by atoms with Crippen LogP contribution >= 0.6 is 0 Å². The average Bonchev–Trinajstić information content (AvgIpc) is 2.20. The zero-order valence-corrected chi connectivity index (χ0v) is 8.39. The number of benzene rings is 1. The Hall–Kier alpha value is -0.900. The fourth-order valence-electron chi connectivity index (χ4n) is 1.15. The molecule has 14 heavy (non-hydrogen) atoms. The first-order valence-electron chi connectivity index (χ1n) is 4.76. The van der Waals surface area contributed by atoms with Crippen LogP contribution in [-0.2, 0) is 11.3 Å². The van der Waals surface area contributed by atoms with Crippen molar-refractivity contribution in [3.05, 3.63) is 35.9 Å². The molecule has 2 unspecified atom stereocenters. The molecule has 0 aliphatic heterocycles. The fraction of sp³-hybridized carbons (Fsp3) is 0.455. The lowest BCUT2D eigenvalue weighted by molar-refractivity contribution is -0.00894. The quantitative estimate of drug-likeness (QED) is 0.734. The summed E-state index contributed by atoms with van der Waals surface area (Å²) < 4.78 is 5.46. The summed E-state index contributed by atoms with van der Waals surface area (Å²) in [4.78, 5) is 0. The molecule has 0 aliphatic rings. The second-order valence-corrected chi connectivity index (χ2v) is 3.38. The Balaban J connectivity index is 2.40. The van der Waals surface area contributed by atoms with Gasteiger partial charge in [0.05, 0.1) is 19.3 Å². The molecular weight excluding hydrogens is 178 g/mol. The maximum Gasteiger partial charge on any atom is 0.0957 e. The number of ether oxygens (including phenoxy) is 1. The molecule has 3 nitrogen and oxygen atoms in total. The van der Waals surface area contributed by atoms with Crippen LogP contribution in [0.15, 0.2) is 30.3 Å². The Morgan fingerprint density at radius 1 is 1.36 bits per heavy atom. The van der Waals surface area contributed by atoms with Crippen molar-refractivity contribution in [2.24, 2.45) is 5.73 Å². The molecule has 2 atom stereocenters. The lowest BCUT2D eigenvalue weighted by Crippen LogP contribution is -2.36. The summed E-state index contributed by atoms with van der Waals surface area (Å²) in [5.74, 6) is 0. The van der Waals surface area contributed by atoms with Crippen LogP contribution in [0.3, 0.4) is 0 Å². The molecule has 0 heterocycles. The zero-order chi connectivity index (χ0) is 10.4. The second kappa shape index (κ2) is 5.75. The highest BCUT2D eigenvalue weighted by atomic mass is 16.5. The predicted octanol–water partition coefficient (Wildman–Crippen LogP) is 0.911. The number of rotatable bonds is 5. The summed E-state index contributed by atoms with van der Waals surface area (Å²) in [5.41, 5.74) is 6.72. The van der Waals surface area contributed by atoms with Crippen molar-refractivity contribution in [3.63, 3.8) is 0 Å². The molecule has 1 aromatic rings. The van der Waals surface area contributed by atoms with Crippen LogP contribution in [-0.4, -0.2) is 23.9 Å². The van der Waals surface area contributed by atoms with Crippen LogP contribution < -0.4 is 5.73 Å². The van der Waals surface area contributed by atoms with Crippen LogP contribution in [0, 0.1) is 0 Å². The van der Waals surface area contributed by atoms with E-state index < -0.39 is 0 Å². The van der Waals surface area contributed by atoms with E-state index in [0.717, 1.165) is 5.56 Å². The van der Waals surface area contributed by atoms with E-state index in [2.05, 4.69) is 0 Å². The number of hydrogen-bond acceptors (Lipinski definition) is 3. The lowest BCUT2D eigenvalue weighted by Gasteiger charge is -2.18. The third-order valence-corrected chi connectivity index (χ3v) is 2.07. The van der Waals surface area contributed by atoms with E-state index in [9.17, 15) is 0 Å². The molecular formula is C11H17NO2. The lowest BCUT2D eigenvalue weighted by atomic mass is 10.2. The normalized spacial score (nSPS) is 15.1. The molecule has 0 radical (unpaired) electrons. The van der Waals surface area contributed by atoms with Gasteiger partial charge in [0.2, 0.25) is 0 Å². The van der Waals surface area contributed by atoms with Gasteiger partial charge in [0.1, 0.15) is 0 Å². The molecule has 3 heteroatoms. The van der Waals surface area contributed by atoms with E-state index in [1.165, 1.54) is 0 Å². The van der Waals surface area contributed by atoms with Gasteiger partial charge >= 0.3 is 0 Å². The molecule has 0 bridgehead atoms. The van der Waals surface area contributed by atoms with Crippen molar-refractivity contribution in [1.82, 2.24) is 0 Å². The van der Waals surface area contributed by atoms with Crippen LogP contribution in [0.2, 0.25) is 0 Å². The van der Waals surface area contributed by atoms with Gasteiger partial charge in [-0.05, 0) is 12.5 Å². The van der Waals surface area contributed by atoms with Crippen molar-refractivity contribution in [1.29, 1.82) is 0 Å². The Labute approximate surface area is 84.5 Å². The highest BCUT2D eigenvalue weighted by molar-refractivity contribution is 5.13. The van der Waals surface area contributed by atoms with Gasteiger partial charge in [-0.2, -0.15) is 0 Å². The molecule has 1 aromatic carbocycles. The van der Waals surface area contributed by atoms with Gasteiger partial charge in [0, 0.05) is 6.04 Å². The first-order chi connectivity index (χ1) is 6.74. The Morgan fingerprint density at radius 3 is 2.50 bits per heavy atom. The minimum absolute atomic E-state index is 0.0372. The molecule has 0 spiro atoms. The molecule has 0 fully saturated rings. The highest BCUT2D eigenvalue weighted by Crippen LogP contribution is 2.04. The zero-order valence-electron chi connectivity index (χ0n) is 8.39. The van der Waals surface area contributed by atoms with Gasteiger partial charge in [-0.25, -0.2) is 0 Å². The molecule has 0 aliphatic carbocycles. The second-order valence-electron chi connectivity index (χ2n) is 3.38. The summed E-state index contributed by atoms with van der Waals surface area (Å²) in [6, 6.07) is 9.68. The summed E-state index contributed by atoms with van der Waals surface area (Å²) >= 11 is 0. The molecule has 1 rings (SSSR count). The van der Waals surface area contributed by atoms with Crippen LogP contribution in [0.5, 0.6) is 0 Å². The van der Waals surface area contributed by atoms with Gasteiger partial charge < -0.3 is 15.6 Å². The van der Waals surface area contributed by atoms with Crippen molar-refractivity contribution in [2.75, 3.05) is 6.61 Å². The largest absolute Gasteiger partial charge is 0.394 e. The van der Waals surface area contributed by atoms with Crippen molar-refractivity contribution < 1.29 is 9.84 Å². The molecule has 78 valence electrons. The van der Waals surface area contributed by atoms with Crippen molar-refractivity contribution in [3.8, 4) is 0 Å². The summed E-state index contributed by atoms with van der Waals surface area (Å²) in [7, 11) is 0. The Kier molecular flexibility index (Phi) is 4.59. The van der Waals surface area contributed by atoms with Crippen molar-refractivity contribution in [2.45, 2.75) is 25.7 Å². The fourth-order valence-corrected chi connectivity index (χ4v) is 1.15. The maximum atomic E-state index is 8.97. The monoisotopic (exact) mass is 195 g/mol. The number of hydrogen-bond donors (Lipinski definition) is 2. The summed E-state index contributed by atoms with van der Waals surface area (Å²) in [5, 5.41) is 8.97. The standard InChI is InChI=1S/C11H17NO2/c1-9(12)11(7-13)14-8-10-5-3-2-4-6-10/h2-6,9,11,13H,7-8,12H2,1H3. The topological polar surface area (TPSA) is 55.5 Å². The van der Waals surface area contributed by atoms with E-state index in [0.29, 0.717) is 6.61 Å². The van der Waals surface area contributed by atoms with Crippen molar-refractivity contribution >= 4 is 0 Å². The van der Waals surface area contributed by atoms with E-state index in [4.69, 9.17) is 15.6 Å². The van der Waals surface area contributed by atoms with E-state index in [1.54, 1.807) is 0 Å². The number of aliphatic hydroxyl groups is 1. The minimum atomic E-state index is -0.282. The van der Waals surface area contributed by atoms with Crippen LogP contribution in [0.1, 0.15) is 12.5 Å². The average molecular weight is 195 g/mol. The first kappa shape index (κ1) is 11.2. The molecule has 0 amide bonds. The van der Waals surface area contributed by atoms with Crippen LogP contribution in [0.25, 0.3) is 0 Å². The third-order valence-electron chi connectivity index (χ3n) is 2.07.